The van der Waals surface area contributed by atoms with E-state index < -0.39 is 5.97 Å². The first-order valence-corrected chi connectivity index (χ1v) is 6.95. The Bertz CT molecular complexity index is 649. The molecule has 4 nitrogen and oxygen atoms in total. The van der Waals surface area contributed by atoms with Crippen molar-refractivity contribution in [2.75, 3.05) is 0 Å². The topological polar surface area (TPSA) is 59.4 Å². The van der Waals surface area contributed by atoms with Crippen molar-refractivity contribution in [3.05, 3.63) is 50.0 Å². The summed E-state index contributed by atoms with van der Waals surface area (Å²) in [7, 11) is 0. The number of halogens is 3. The van der Waals surface area contributed by atoms with E-state index in [4.69, 9.17) is 21.4 Å². The van der Waals surface area contributed by atoms with Crippen molar-refractivity contribution < 1.29 is 14.6 Å². The lowest BCUT2D eigenvalue weighted by molar-refractivity contribution is 0.0694. The van der Waals surface area contributed by atoms with Crippen LogP contribution in [-0.2, 0) is 0 Å². The maximum absolute atomic E-state index is 11.1. The number of carboxylic acid groups (broad SMARTS) is 1. The monoisotopic (exact) mass is 405 g/mol. The summed E-state index contributed by atoms with van der Waals surface area (Å²) in [6.07, 6.45) is 1.51. The van der Waals surface area contributed by atoms with E-state index in [1.807, 2.05) is 0 Å². The summed E-state index contributed by atoms with van der Waals surface area (Å²) in [5.41, 5.74) is 0.0233. The summed E-state index contributed by atoms with van der Waals surface area (Å²) in [5, 5.41) is 9.41. The molecule has 0 saturated carbocycles. The maximum Gasteiger partial charge on any atom is 0.339 e. The van der Waals surface area contributed by atoms with Crippen LogP contribution in [0, 0.1) is 0 Å². The summed E-state index contributed by atoms with van der Waals surface area (Å²) < 4.78 is 6.80. The molecule has 1 heterocycles. The summed E-state index contributed by atoms with van der Waals surface area (Å²) in [6, 6.07) is 6.27. The van der Waals surface area contributed by atoms with E-state index in [0.29, 0.717) is 8.95 Å². The lowest BCUT2D eigenvalue weighted by Crippen LogP contribution is -2.01. The highest BCUT2D eigenvalue weighted by Crippen LogP contribution is 2.32. The van der Waals surface area contributed by atoms with Gasteiger partial charge in [0, 0.05) is 15.1 Å². The molecule has 0 fully saturated rings. The van der Waals surface area contributed by atoms with Crippen molar-refractivity contribution in [3.63, 3.8) is 0 Å². The third-order valence-corrected chi connectivity index (χ3v) is 3.35. The fourth-order valence-corrected chi connectivity index (χ4v) is 2.37. The lowest BCUT2D eigenvalue weighted by Gasteiger charge is -2.09. The van der Waals surface area contributed by atoms with E-state index in [-0.39, 0.29) is 22.2 Å². The molecule has 0 atom stereocenters. The zero-order valence-corrected chi connectivity index (χ0v) is 13.2. The van der Waals surface area contributed by atoms with Gasteiger partial charge in [0.15, 0.2) is 0 Å². The largest absolute Gasteiger partial charge is 0.478 e. The van der Waals surface area contributed by atoms with Crippen LogP contribution in [0.25, 0.3) is 0 Å². The molecular weight excluding hydrogens is 401 g/mol. The van der Waals surface area contributed by atoms with E-state index in [0.717, 1.165) is 0 Å². The van der Waals surface area contributed by atoms with E-state index in [9.17, 15) is 4.79 Å². The predicted octanol–water partition coefficient (Wildman–Crippen LogP) is 4.75. The molecule has 0 saturated heterocycles. The highest BCUT2D eigenvalue weighted by molar-refractivity contribution is 9.10. The van der Waals surface area contributed by atoms with Gasteiger partial charge in [-0.2, -0.15) is 0 Å². The van der Waals surface area contributed by atoms with Crippen LogP contribution in [0.1, 0.15) is 10.4 Å². The molecule has 0 amide bonds. The number of nitrogens with zero attached hydrogens (tertiary/aromatic N) is 1. The molecule has 0 unspecified atom stereocenters. The van der Waals surface area contributed by atoms with Gasteiger partial charge < -0.3 is 9.84 Å². The van der Waals surface area contributed by atoms with Gasteiger partial charge in [0.05, 0.1) is 0 Å². The number of aromatic nitrogens is 1. The Morgan fingerprint density at radius 2 is 2.00 bits per heavy atom. The highest BCUT2D eigenvalue weighted by atomic mass is 79.9. The number of carboxylic acids is 1. The minimum Gasteiger partial charge on any atom is -0.478 e. The molecule has 1 aromatic heterocycles. The van der Waals surface area contributed by atoms with E-state index in [1.165, 1.54) is 18.3 Å². The third-order valence-electron chi connectivity index (χ3n) is 2.15. The molecule has 0 spiro atoms. The van der Waals surface area contributed by atoms with Gasteiger partial charge in [-0.3, -0.25) is 0 Å². The van der Waals surface area contributed by atoms with Gasteiger partial charge in [0.25, 0.3) is 0 Å². The minimum absolute atomic E-state index is 0.0233. The first-order chi connectivity index (χ1) is 8.97. The summed E-state index contributed by atoms with van der Waals surface area (Å²) in [5.74, 6) is -0.772. The van der Waals surface area contributed by atoms with Crippen molar-refractivity contribution in [1.29, 1.82) is 0 Å². The van der Waals surface area contributed by atoms with Crippen molar-refractivity contribution in [2.45, 2.75) is 0 Å². The van der Waals surface area contributed by atoms with Crippen LogP contribution in [0.4, 0.5) is 0 Å². The molecular formula is C12H6Br2ClNO3. The molecule has 0 radical (unpaired) electrons. The fraction of sp³-hybridized carbons (Fsp3) is 0. The number of rotatable bonds is 3. The molecule has 19 heavy (non-hydrogen) atoms. The standard InChI is InChI=1S/C12H6Br2ClNO3/c13-6-1-2-10(8(3-6)12(17)18)19-11-9(15)4-7(14)5-16-11/h1-5H,(H,17,18). The number of aromatic carboxylic acids is 1. The highest BCUT2D eigenvalue weighted by Gasteiger charge is 2.14. The maximum atomic E-state index is 11.1. The number of hydrogen-bond acceptors (Lipinski definition) is 3. The third kappa shape index (κ3) is 3.46. The fourth-order valence-electron chi connectivity index (χ4n) is 1.34. The van der Waals surface area contributed by atoms with E-state index >= 15 is 0 Å². The van der Waals surface area contributed by atoms with Crippen LogP contribution in [0.2, 0.25) is 5.02 Å². The van der Waals surface area contributed by atoms with Crippen LogP contribution in [0.5, 0.6) is 11.6 Å². The van der Waals surface area contributed by atoms with Crippen LogP contribution in [0.3, 0.4) is 0 Å². The zero-order valence-electron chi connectivity index (χ0n) is 9.23. The quantitative estimate of drug-likeness (QED) is 0.798. The van der Waals surface area contributed by atoms with Crippen molar-refractivity contribution >= 4 is 49.4 Å². The molecule has 2 aromatic rings. The van der Waals surface area contributed by atoms with Crippen molar-refractivity contribution in [2.24, 2.45) is 0 Å². The summed E-state index contributed by atoms with van der Waals surface area (Å²) in [6.45, 7) is 0. The summed E-state index contributed by atoms with van der Waals surface area (Å²) >= 11 is 12.4. The van der Waals surface area contributed by atoms with Gasteiger partial charge in [-0.1, -0.05) is 27.5 Å². The average Bonchev–Trinajstić information content (AvgIpc) is 2.34. The molecule has 0 aliphatic carbocycles. The Balaban J connectivity index is 2.40. The van der Waals surface area contributed by atoms with Gasteiger partial charge in [-0.05, 0) is 40.2 Å². The van der Waals surface area contributed by atoms with Gasteiger partial charge >= 0.3 is 5.97 Å². The van der Waals surface area contributed by atoms with Crippen LogP contribution in [0.15, 0.2) is 39.4 Å². The predicted molar refractivity (Wildman–Crippen MR) is 78.1 cm³/mol. The molecule has 0 aliphatic heterocycles. The summed E-state index contributed by atoms with van der Waals surface area (Å²) in [4.78, 5) is 15.1. The molecule has 0 aliphatic rings. The molecule has 7 heteroatoms. The van der Waals surface area contributed by atoms with Crippen molar-refractivity contribution in [1.82, 2.24) is 4.98 Å². The first-order valence-electron chi connectivity index (χ1n) is 4.99. The second-order valence-corrected chi connectivity index (χ2v) is 5.73. The second kappa shape index (κ2) is 5.90. The van der Waals surface area contributed by atoms with Gasteiger partial charge in [0.1, 0.15) is 16.3 Å². The molecule has 0 bridgehead atoms. The second-order valence-electron chi connectivity index (χ2n) is 3.49. The smallest absolute Gasteiger partial charge is 0.339 e. The SMILES string of the molecule is O=C(O)c1cc(Br)ccc1Oc1ncc(Br)cc1Cl. The Labute approximate surface area is 130 Å². The number of carbonyl (C=O) groups is 1. The molecule has 2 rings (SSSR count). The zero-order chi connectivity index (χ0) is 14.0. The first kappa shape index (κ1) is 14.3. The van der Waals surface area contributed by atoms with Gasteiger partial charge in [-0.25, -0.2) is 9.78 Å². The van der Waals surface area contributed by atoms with Crippen molar-refractivity contribution in [3.8, 4) is 11.6 Å². The molecule has 1 aromatic carbocycles. The Morgan fingerprint density at radius 3 is 2.63 bits per heavy atom. The number of hydrogen-bond donors (Lipinski definition) is 1. The molecule has 1 N–H and O–H groups in total. The van der Waals surface area contributed by atoms with E-state index in [2.05, 4.69) is 36.8 Å². The number of ether oxygens (including phenoxy) is 1. The van der Waals surface area contributed by atoms with Crippen LogP contribution in [-0.4, -0.2) is 16.1 Å². The lowest BCUT2D eigenvalue weighted by atomic mass is 10.2. The number of pyridine rings is 1. The molecule has 98 valence electrons. The van der Waals surface area contributed by atoms with Gasteiger partial charge in [0.2, 0.25) is 5.88 Å². The average molecular weight is 407 g/mol. The van der Waals surface area contributed by atoms with E-state index in [1.54, 1.807) is 12.1 Å². The Hall–Kier alpha value is -1.11. The van der Waals surface area contributed by atoms with Crippen LogP contribution >= 0.6 is 43.5 Å². The Morgan fingerprint density at radius 1 is 1.26 bits per heavy atom. The minimum atomic E-state index is -1.09. The Kier molecular flexibility index (Phi) is 4.44. The number of benzene rings is 1. The van der Waals surface area contributed by atoms with Crippen LogP contribution < -0.4 is 4.74 Å². The van der Waals surface area contributed by atoms with Gasteiger partial charge in [-0.15, -0.1) is 0 Å². The normalized spacial score (nSPS) is 10.3.